The fourth-order valence-electron chi connectivity index (χ4n) is 2.98. The van der Waals surface area contributed by atoms with Crippen molar-refractivity contribution in [3.63, 3.8) is 0 Å². The molecule has 0 saturated heterocycles. The van der Waals surface area contributed by atoms with Crippen molar-refractivity contribution in [2.75, 3.05) is 19.1 Å². The fraction of sp³-hybridized carbons (Fsp3) is 0.208. The first-order valence-electron chi connectivity index (χ1n) is 10.2. The molecule has 0 aliphatic heterocycles. The number of hydrogen-bond donors (Lipinski definition) is 2. The largest absolute Gasteiger partial charge is 0.493 e. The molecule has 0 bridgehead atoms. The highest BCUT2D eigenvalue weighted by Crippen LogP contribution is 2.28. The van der Waals surface area contributed by atoms with Gasteiger partial charge in [-0.1, -0.05) is 30.3 Å². The van der Waals surface area contributed by atoms with Gasteiger partial charge >= 0.3 is 0 Å². The number of aromatic nitrogens is 2. The van der Waals surface area contributed by atoms with Gasteiger partial charge in [0.05, 0.1) is 31.7 Å². The van der Waals surface area contributed by atoms with Gasteiger partial charge in [-0.3, -0.25) is 9.78 Å². The molecule has 1 heterocycles. The van der Waals surface area contributed by atoms with E-state index in [0.29, 0.717) is 30.1 Å². The normalized spacial score (nSPS) is 10.4. The number of hydrogen-bond acceptors (Lipinski definition) is 8. The number of aromatic amines is 1. The highest BCUT2D eigenvalue weighted by atomic mass is 16.5. The molecule has 0 fully saturated rings. The lowest BCUT2D eigenvalue weighted by molar-refractivity contribution is 0.287. The van der Waals surface area contributed by atoms with Crippen LogP contribution in [0.25, 0.3) is 11.3 Å². The number of hydrazone groups is 1. The predicted molar refractivity (Wildman–Crippen MR) is 124 cm³/mol. The average molecular weight is 442 g/mol. The second-order valence-corrected chi connectivity index (χ2v) is 6.86. The second-order valence-electron chi connectivity index (χ2n) is 6.86. The topological polar surface area (TPSA) is 136 Å². The van der Waals surface area contributed by atoms with Crippen LogP contribution in [0.15, 0.2) is 58.4 Å². The van der Waals surface area contributed by atoms with Crippen LogP contribution in [0.4, 0.5) is 5.95 Å². The van der Waals surface area contributed by atoms with Crippen LogP contribution >= 0.6 is 0 Å². The van der Waals surface area contributed by atoms with E-state index in [0.717, 1.165) is 18.4 Å². The molecule has 0 radical (unpaired) electrons. The summed E-state index contributed by atoms with van der Waals surface area (Å²) in [6.45, 7) is 0.468. The lowest BCUT2D eigenvalue weighted by Crippen LogP contribution is -2.16. The Morgan fingerprint density at radius 1 is 1.15 bits per heavy atom. The number of rotatable bonds is 10. The van der Waals surface area contributed by atoms with Gasteiger partial charge in [0.1, 0.15) is 11.6 Å². The molecule has 0 unspecified atom stereocenters. The van der Waals surface area contributed by atoms with Crippen LogP contribution in [0, 0.1) is 22.7 Å². The summed E-state index contributed by atoms with van der Waals surface area (Å²) < 4.78 is 11.1. The van der Waals surface area contributed by atoms with Crippen molar-refractivity contribution in [3.8, 4) is 34.9 Å². The van der Waals surface area contributed by atoms with E-state index in [4.69, 9.17) is 14.7 Å². The second kappa shape index (κ2) is 11.7. The number of nitrogens with one attached hydrogen (secondary N) is 2. The molecule has 0 amide bonds. The molecule has 2 N–H and O–H groups in total. The van der Waals surface area contributed by atoms with E-state index in [1.54, 1.807) is 55.8 Å². The number of anilines is 1. The third-order valence-corrected chi connectivity index (χ3v) is 4.59. The van der Waals surface area contributed by atoms with Crippen LogP contribution in [0.3, 0.4) is 0 Å². The zero-order valence-electron chi connectivity index (χ0n) is 18.0. The maximum atomic E-state index is 12.3. The number of unbranched alkanes of at least 4 members (excludes halogenated alkanes) is 2. The number of benzene rings is 2. The van der Waals surface area contributed by atoms with Gasteiger partial charge in [-0.05, 0) is 36.6 Å². The zero-order chi connectivity index (χ0) is 23.5. The number of methoxy groups -OCH3 is 1. The van der Waals surface area contributed by atoms with Gasteiger partial charge < -0.3 is 9.47 Å². The summed E-state index contributed by atoms with van der Waals surface area (Å²) in [4.78, 5) is 19.2. The molecule has 33 heavy (non-hydrogen) atoms. The first kappa shape index (κ1) is 23.0. The first-order chi connectivity index (χ1) is 16.2. The van der Waals surface area contributed by atoms with Gasteiger partial charge in [0.15, 0.2) is 11.5 Å². The standard InChI is InChI=1S/C24H22N6O3/c1-32-20-11-10-17(14-21(20)33-13-7-3-6-12-25)16-27-30-24-28-22(18-8-4-2-5-9-18)19(15-26)23(31)29-24/h2,4-5,8-11,14,16H,3,6-7,13H2,1H3,(H2,28,29,30,31). The Balaban J connectivity index is 1.75. The summed E-state index contributed by atoms with van der Waals surface area (Å²) >= 11 is 0. The van der Waals surface area contributed by atoms with Crippen molar-refractivity contribution in [3.05, 3.63) is 70.0 Å². The lowest BCUT2D eigenvalue weighted by atomic mass is 10.1. The summed E-state index contributed by atoms with van der Waals surface area (Å²) in [5, 5.41) is 22.1. The Morgan fingerprint density at radius 2 is 1.97 bits per heavy atom. The Morgan fingerprint density at radius 3 is 2.70 bits per heavy atom. The number of ether oxygens (including phenoxy) is 2. The van der Waals surface area contributed by atoms with Crippen molar-refractivity contribution in [2.24, 2.45) is 5.10 Å². The average Bonchev–Trinajstić information content (AvgIpc) is 2.84. The Labute approximate surface area is 190 Å². The summed E-state index contributed by atoms with van der Waals surface area (Å²) in [6.07, 6.45) is 3.57. The fourth-order valence-corrected chi connectivity index (χ4v) is 2.98. The van der Waals surface area contributed by atoms with Crippen LogP contribution in [0.1, 0.15) is 30.4 Å². The summed E-state index contributed by atoms with van der Waals surface area (Å²) in [5.41, 5.74) is 3.74. The summed E-state index contributed by atoms with van der Waals surface area (Å²) in [6, 6.07) is 18.3. The monoisotopic (exact) mass is 442 g/mol. The van der Waals surface area contributed by atoms with Crippen LogP contribution in [-0.4, -0.2) is 29.9 Å². The molecule has 2 aromatic carbocycles. The zero-order valence-corrected chi connectivity index (χ0v) is 18.0. The van der Waals surface area contributed by atoms with E-state index in [1.165, 1.54) is 0 Å². The van der Waals surface area contributed by atoms with Gasteiger partial charge in [-0.15, -0.1) is 0 Å². The van der Waals surface area contributed by atoms with Crippen molar-refractivity contribution in [1.29, 1.82) is 10.5 Å². The molecule has 0 spiro atoms. The molecule has 166 valence electrons. The summed E-state index contributed by atoms with van der Waals surface area (Å²) in [7, 11) is 1.56. The minimum absolute atomic E-state index is 0.0672. The number of H-pyrrole nitrogens is 1. The highest BCUT2D eigenvalue weighted by molar-refractivity contribution is 5.81. The van der Waals surface area contributed by atoms with Crippen LogP contribution in [0.2, 0.25) is 0 Å². The molecule has 0 atom stereocenters. The van der Waals surface area contributed by atoms with Crippen molar-refractivity contribution in [1.82, 2.24) is 9.97 Å². The minimum atomic E-state index is -0.555. The smallest absolute Gasteiger partial charge is 0.270 e. The van der Waals surface area contributed by atoms with E-state index in [-0.39, 0.29) is 17.2 Å². The molecular weight excluding hydrogens is 420 g/mol. The van der Waals surface area contributed by atoms with Crippen molar-refractivity contribution >= 4 is 12.2 Å². The molecule has 3 aromatic rings. The summed E-state index contributed by atoms with van der Waals surface area (Å²) in [5.74, 6) is 1.26. The van der Waals surface area contributed by atoms with Crippen LogP contribution in [0.5, 0.6) is 11.5 Å². The quantitative estimate of drug-likeness (QED) is 0.276. The van der Waals surface area contributed by atoms with Crippen LogP contribution in [-0.2, 0) is 0 Å². The van der Waals surface area contributed by atoms with Gasteiger partial charge in [-0.25, -0.2) is 10.4 Å². The first-order valence-corrected chi connectivity index (χ1v) is 10.2. The Bertz CT molecular complexity index is 1260. The van der Waals surface area contributed by atoms with E-state index in [1.807, 2.05) is 12.1 Å². The molecule has 9 nitrogen and oxygen atoms in total. The number of nitrogens with zero attached hydrogens (tertiary/aromatic N) is 4. The molecule has 0 aliphatic rings. The predicted octanol–water partition coefficient (Wildman–Crippen LogP) is 3.84. The van der Waals surface area contributed by atoms with E-state index in [9.17, 15) is 10.1 Å². The molecule has 0 saturated carbocycles. The maximum Gasteiger partial charge on any atom is 0.270 e. The molecule has 1 aromatic heterocycles. The van der Waals surface area contributed by atoms with Gasteiger partial charge in [0.2, 0.25) is 5.95 Å². The molecule has 3 rings (SSSR count). The Kier molecular flexibility index (Phi) is 8.15. The van der Waals surface area contributed by atoms with E-state index >= 15 is 0 Å². The van der Waals surface area contributed by atoms with Crippen LogP contribution < -0.4 is 20.5 Å². The van der Waals surface area contributed by atoms with Gasteiger partial charge in [0, 0.05) is 12.0 Å². The van der Waals surface area contributed by atoms with Crippen molar-refractivity contribution in [2.45, 2.75) is 19.3 Å². The SMILES string of the molecule is COc1ccc(C=NNc2nc(-c3ccccc3)c(C#N)c(=O)[nH]2)cc1OCCCCC#N. The lowest BCUT2D eigenvalue weighted by Gasteiger charge is -2.11. The maximum absolute atomic E-state index is 12.3. The Hall–Kier alpha value is -4.63. The third-order valence-electron chi connectivity index (χ3n) is 4.59. The van der Waals surface area contributed by atoms with E-state index in [2.05, 4.69) is 26.6 Å². The molecular formula is C24H22N6O3. The van der Waals surface area contributed by atoms with Gasteiger partial charge in [-0.2, -0.15) is 15.6 Å². The molecule has 9 heteroatoms. The third kappa shape index (κ3) is 6.18. The minimum Gasteiger partial charge on any atom is -0.493 e. The van der Waals surface area contributed by atoms with Gasteiger partial charge in [0.25, 0.3) is 5.56 Å². The van der Waals surface area contributed by atoms with Crippen molar-refractivity contribution < 1.29 is 9.47 Å². The highest BCUT2D eigenvalue weighted by Gasteiger charge is 2.13. The van der Waals surface area contributed by atoms with E-state index < -0.39 is 5.56 Å². The number of nitriles is 2. The molecule has 0 aliphatic carbocycles.